The van der Waals surface area contributed by atoms with Gasteiger partial charge in [-0.05, 0) is 77.7 Å². The molecule has 244 valence electrons. The fraction of sp³-hybridized carbons (Fsp3) is 0.0816. The van der Waals surface area contributed by atoms with Gasteiger partial charge in [-0.3, -0.25) is 0 Å². The molecule has 0 saturated heterocycles. The van der Waals surface area contributed by atoms with Crippen LogP contribution in [0.2, 0.25) is 0 Å². The van der Waals surface area contributed by atoms with Gasteiger partial charge in [-0.25, -0.2) is 4.99 Å². The Morgan fingerprint density at radius 2 is 1.16 bits per heavy atom. The van der Waals surface area contributed by atoms with Crippen molar-refractivity contribution in [3.63, 3.8) is 0 Å². The van der Waals surface area contributed by atoms with Crippen molar-refractivity contribution in [1.29, 1.82) is 0 Å². The third-order valence-corrected chi connectivity index (χ3v) is 10.7. The molecule has 0 heterocycles. The van der Waals surface area contributed by atoms with E-state index in [4.69, 9.17) is 10.7 Å². The van der Waals surface area contributed by atoms with Crippen LogP contribution in [0.15, 0.2) is 175 Å². The van der Waals surface area contributed by atoms with Gasteiger partial charge in [-0.15, -0.1) is 0 Å². The summed E-state index contributed by atoms with van der Waals surface area (Å²) in [5, 5.41) is 7.20. The molecular formula is C49H38N2. The van der Waals surface area contributed by atoms with E-state index in [0.29, 0.717) is 5.84 Å². The summed E-state index contributed by atoms with van der Waals surface area (Å²) in [5.74, 6) is 0.506. The quantitative estimate of drug-likeness (QED) is 0.141. The molecule has 8 aromatic carbocycles. The topological polar surface area (TPSA) is 38.4 Å². The van der Waals surface area contributed by atoms with Crippen LogP contribution in [0.25, 0.3) is 60.3 Å². The minimum atomic E-state index is -0.127. The molecule has 0 atom stereocenters. The molecule has 51 heavy (non-hydrogen) atoms. The molecule has 0 radical (unpaired) electrons. The van der Waals surface area contributed by atoms with Crippen LogP contribution >= 0.6 is 0 Å². The first-order valence-electron chi connectivity index (χ1n) is 17.7. The molecule has 1 aliphatic carbocycles. The van der Waals surface area contributed by atoms with Crippen molar-refractivity contribution in [3.05, 3.63) is 198 Å². The zero-order chi connectivity index (χ0) is 34.5. The number of amidine groups is 1. The van der Waals surface area contributed by atoms with Gasteiger partial charge >= 0.3 is 0 Å². The highest BCUT2D eigenvalue weighted by atomic mass is 14.9. The predicted molar refractivity (Wildman–Crippen MR) is 217 cm³/mol. The maximum absolute atomic E-state index is 6.91. The Morgan fingerprint density at radius 3 is 1.96 bits per heavy atom. The Bertz CT molecular complexity index is 2690. The standard InChI is InChI=1S/C49H38N2/c1-49(2)44-25-13-23-41(46(44)43-28-27-34-17-7-9-20-36(34)47(43)49)39-29-30-40(38-22-11-10-21-37(38)39)45(31-26-32-14-4-3-5-15-32)51-48(50)42-24-12-18-33-16-6-8-19-35(33)42/h3-25,27-31H,26H2,1-2H3,(H2,50,51)/b45-31-. The second kappa shape index (κ2) is 12.3. The average Bonchev–Trinajstić information content (AvgIpc) is 3.42. The van der Waals surface area contributed by atoms with Crippen molar-refractivity contribution in [2.75, 3.05) is 0 Å². The number of nitrogens with two attached hydrogens (primary N) is 1. The van der Waals surface area contributed by atoms with E-state index in [-0.39, 0.29) is 5.41 Å². The van der Waals surface area contributed by atoms with Gasteiger partial charge in [0.15, 0.2) is 0 Å². The Morgan fingerprint density at radius 1 is 0.529 bits per heavy atom. The van der Waals surface area contributed by atoms with E-state index in [2.05, 4.69) is 184 Å². The molecule has 8 aromatic rings. The van der Waals surface area contributed by atoms with Gasteiger partial charge in [-0.2, -0.15) is 0 Å². The highest BCUT2D eigenvalue weighted by Crippen LogP contribution is 2.54. The summed E-state index contributed by atoms with van der Waals surface area (Å²) in [6.45, 7) is 4.74. The van der Waals surface area contributed by atoms with Crippen LogP contribution in [-0.2, 0) is 11.8 Å². The van der Waals surface area contributed by atoms with Crippen LogP contribution < -0.4 is 5.73 Å². The Kier molecular flexibility index (Phi) is 7.40. The van der Waals surface area contributed by atoms with E-state index >= 15 is 0 Å². The zero-order valence-electron chi connectivity index (χ0n) is 28.9. The monoisotopic (exact) mass is 654 g/mol. The third-order valence-electron chi connectivity index (χ3n) is 10.7. The van der Waals surface area contributed by atoms with Crippen molar-refractivity contribution in [3.8, 4) is 22.3 Å². The molecule has 0 aliphatic heterocycles. The van der Waals surface area contributed by atoms with Gasteiger partial charge in [0.25, 0.3) is 0 Å². The Balaban J connectivity index is 1.24. The summed E-state index contributed by atoms with van der Waals surface area (Å²) in [6.07, 6.45) is 2.96. The molecule has 2 nitrogen and oxygen atoms in total. The van der Waals surface area contributed by atoms with Crippen molar-refractivity contribution in [2.45, 2.75) is 25.7 Å². The molecular weight excluding hydrogens is 617 g/mol. The third kappa shape index (κ3) is 5.14. The van der Waals surface area contributed by atoms with Crippen LogP contribution in [-0.4, -0.2) is 5.84 Å². The minimum absolute atomic E-state index is 0.127. The fourth-order valence-corrected chi connectivity index (χ4v) is 8.32. The lowest BCUT2D eigenvalue weighted by molar-refractivity contribution is 0.666. The SMILES string of the molecule is CC1(C)c2cccc(-c3ccc(/C(=C/Cc4ccccc4)N=C(N)c4cccc5ccccc45)c4ccccc34)c2-c2ccc3ccccc3c21. The van der Waals surface area contributed by atoms with Crippen LogP contribution in [0.3, 0.4) is 0 Å². The summed E-state index contributed by atoms with van der Waals surface area (Å²) >= 11 is 0. The minimum Gasteiger partial charge on any atom is -0.383 e. The molecule has 9 rings (SSSR count). The summed E-state index contributed by atoms with van der Waals surface area (Å²) in [5.41, 5.74) is 18.8. The Hall–Kier alpha value is -6.25. The molecule has 0 unspecified atom stereocenters. The molecule has 1 aliphatic rings. The van der Waals surface area contributed by atoms with E-state index in [0.717, 1.165) is 39.4 Å². The first-order valence-corrected chi connectivity index (χ1v) is 17.7. The zero-order valence-corrected chi connectivity index (χ0v) is 28.9. The first kappa shape index (κ1) is 30.8. The second-order valence-corrected chi connectivity index (χ2v) is 14.1. The average molecular weight is 655 g/mol. The van der Waals surface area contributed by atoms with Gasteiger partial charge in [0.1, 0.15) is 5.84 Å². The van der Waals surface area contributed by atoms with Gasteiger partial charge in [0, 0.05) is 16.5 Å². The van der Waals surface area contributed by atoms with Crippen molar-refractivity contribution in [1.82, 2.24) is 0 Å². The van der Waals surface area contributed by atoms with E-state index in [1.54, 1.807) is 0 Å². The van der Waals surface area contributed by atoms with Crippen LogP contribution in [0.5, 0.6) is 0 Å². The second-order valence-electron chi connectivity index (χ2n) is 14.1. The summed E-state index contributed by atoms with van der Waals surface area (Å²) in [4.78, 5) is 5.23. The first-order chi connectivity index (χ1) is 25.0. The van der Waals surface area contributed by atoms with E-state index in [1.165, 1.54) is 55.1 Å². The normalized spacial score (nSPS) is 13.8. The molecule has 0 fully saturated rings. The van der Waals surface area contributed by atoms with Crippen LogP contribution in [0.1, 0.15) is 41.7 Å². The van der Waals surface area contributed by atoms with Crippen LogP contribution in [0.4, 0.5) is 0 Å². The lowest BCUT2D eigenvalue weighted by atomic mass is 9.80. The van der Waals surface area contributed by atoms with Crippen molar-refractivity contribution < 1.29 is 0 Å². The number of benzene rings is 8. The number of hydrogen-bond acceptors (Lipinski definition) is 1. The maximum atomic E-state index is 6.91. The molecule has 0 bridgehead atoms. The van der Waals surface area contributed by atoms with Crippen LogP contribution in [0, 0.1) is 0 Å². The molecule has 0 spiro atoms. The largest absolute Gasteiger partial charge is 0.383 e. The van der Waals surface area contributed by atoms with Gasteiger partial charge in [0.2, 0.25) is 0 Å². The predicted octanol–water partition coefficient (Wildman–Crippen LogP) is 12.1. The smallest absolute Gasteiger partial charge is 0.131 e. The summed E-state index contributed by atoms with van der Waals surface area (Å²) < 4.78 is 0. The van der Waals surface area contributed by atoms with Crippen molar-refractivity contribution >= 4 is 43.9 Å². The van der Waals surface area contributed by atoms with Gasteiger partial charge in [-0.1, -0.05) is 184 Å². The number of fused-ring (bicyclic) bond motifs is 7. The fourth-order valence-electron chi connectivity index (χ4n) is 8.32. The number of nitrogens with zero attached hydrogens (tertiary/aromatic N) is 1. The van der Waals surface area contributed by atoms with E-state index in [9.17, 15) is 0 Å². The molecule has 0 amide bonds. The summed E-state index contributed by atoms with van der Waals surface area (Å²) in [6, 6.07) is 58.7. The van der Waals surface area contributed by atoms with E-state index < -0.39 is 0 Å². The van der Waals surface area contributed by atoms with Gasteiger partial charge in [0.05, 0.1) is 5.70 Å². The van der Waals surface area contributed by atoms with Crippen molar-refractivity contribution in [2.24, 2.45) is 10.7 Å². The Labute approximate surface area is 299 Å². The lowest BCUT2D eigenvalue weighted by Gasteiger charge is -2.23. The number of aliphatic imine (C=N–C) groups is 1. The van der Waals surface area contributed by atoms with Gasteiger partial charge < -0.3 is 5.73 Å². The summed E-state index contributed by atoms with van der Waals surface area (Å²) in [7, 11) is 0. The number of rotatable bonds is 6. The maximum Gasteiger partial charge on any atom is 0.131 e. The van der Waals surface area contributed by atoms with E-state index in [1.807, 2.05) is 0 Å². The number of allylic oxidation sites excluding steroid dienone is 1. The highest BCUT2D eigenvalue weighted by Gasteiger charge is 2.38. The molecule has 0 saturated carbocycles. The molecule has 0 aromatic heterocycles. The molecule has 2 heteroatoms. The lowest BCUT2D eigenvalue weighted by Crippen LogP contribution is -2.15. The molecule has 2 N–H and O–H groups in total. The number of hydrogen-bond donors (Lipinski definition) is 1. The highest BCUT2D eigenvalue weighted by molar-refractivity contribution is 6.12.